The molecule has 12 heteroatoms. The van der Waals surface area contributed by atoms with Crippen LogP contribution < -0.4 is 10.5 Å². The molecule has 2 aromatic heterocycles. The van der Waals surface area contributed by atoms with Crippen molar-refractivity contribution in [3.63, 3.8) is 0 Å². The first kappa shape index (κ1) is 25.6. The maximum Gasteiger partial charge on any atom is 0.325 e. The molecule has 35 heavy (non-hydrogen) atoms. The molecular formula is C23H28N6O6. The summed E-state index contributed by atoms with van der Waals surface area (Å²) in [7, 11) is 0. The highest BCUT2D eigenvalue weighted by atomic mass is 16.6. The summed E-state index contributed by atoms with van der Waals surface area (Å²) in [6.45, 7) is 4.08. The third-order valence-corrected chi connectivity index (χ3v) is 4.70. The normalized spacial score (nSPS) is 12.2. The van der Waals surface area contributed by atoms with Crippen LogP contribution >= 0.6 is 0 Å². The van der Waals surface area contributed by atoms with Crippen molar-refractivity contribution in [3.8, 4) is 5.88 Å². The number of benzene rings is 1. The first-order chi connectivity index (χ1) is 16.5. The van der Waals surface area contributed by atoms with E-state index >= 15 is 0 Å². The van der Waals surface area contributed by atoms with Gasteiger partial charge < -0.3 is 29.8 Å². The van der Waals surface area contributed by atoms with Crippen molar-refractivity contribution in [2.24, 2.45) is 5.73 Å². The smallest absolute Gasteiger partial charge is 0.325 e. The van der Waals surface area contributed by atoms with Crippen molar-refractivity contribution in [2.75, 3.05) is 13.1 Å². The van der Waals surface area contributed by atoms with Crippen molar-refractivity contribution in [2.45, 2.75) is 45.6 Å². The first-order valence-corrected chi connectivity index (χ1v) is 10.8. The second-order valence-electron chi connectivity index (χ2n) is 8.81. The minimum absolute atomic E-state index is 0.249. The van der Waals surface area contributed by atoms with Crippen molar-refractivity contribution in [1.29, 1.82) is 0 Å². The SMILES string of the molecule is CC(C)(C)OC(=O)C(N)CN(CC(=O)O)C(=O)Cn1cnc2c(OCc3ccccc3)ncnc21. The standard InChI is InChI=1S/C23H28N6O6/c1-23(2,3)35-22(33)16(24)9-28(11-18(31)32)17(30)10-29-14-27-19-20(29)25-13-26-21(19)34-12-15-7-5-4-6-8-15/h4-8,13-14,16H,9-12,24H2,1-3H3,(H,31,32). The van der Waals surface area contributed by atoms with E-state index in [9.17, 15) is 19.5 Å². The number of carboxylic acid groups (broad SMARTS) is 1. The molecule has 0 saturated carbocycles. The van der Waals surface area contributed by atoms with Crippen LogP contribution in [-0.4, -0.2) is 72.1 Å². The molecule has 3 N–H and O–H groups in total. The zero-order valence-electron chi connectivity index (χ0n) is 19.7. The first-order valence-electron chi connectivity index (χ1n) is 10.8. The highest BCUT2D eigenvalue weighted by Gasteiger charge is 2.27. The monoisotopic (exact) mass is 484 g/mol. The van der Waals surface area contributed by atoms with Crippen LogP contribution in [0.2, 0.25) is 0 Å². The molecule has 12 nitrogen and oxygen atoms in total. The summed E-state index contributed by atoms with van der Waals surface area (Å²) in [5.41, 5.74) is 6.75. The molecule has 1 amide bonds. The van der Waals surface area contributed by atoms with Gasteiger partial charge >= 0.3 is 11.9 Å². The minimum Gasteiger partial charge on any atom is -0.480 e. The van der Waals surface area contributed by atoms with Gasteiger partial charge in [0, 0.05) is 6.54 Å². The zero-order valence-corrected chi connectivity index (χ0v) is 19.7. The molecule has 0 saturated heterocycles. The van der Waals surface area contributed by atoms with E-state index in [0.29, 0.717) is 11.2 Å². The Kier molecular flexibility index (Phi) is 7.97. The number of imidazole rings is 1. The average Bonchev–Trinajstić information content (AvgIpc) is 3.19. The fourth-order valence-electron chi connectivity index (χ4n) is 3.16. The lowest BCUT2D eigenvalue weighted by atomic mass is 10.2. The number of rotatable bonds is 10. The van der Waals surface area contributed by atoms with Crippen LogP contribution in [0.3, 0.4) is 0 Å². The Morgan fingerprint density at radius 1 is 1.14 bits per heavy atom. The van der Waals surface area contributed by atoms with Gasteiger partial charge in [0.1, 0.15) is 37.7 Å². The highest BCUT2D eigenvalue weighted by molar-refractivity contribution is 5.84. The summed E-state index contributed by atoms with van der Waals surface area (Å²) in [6, 6.07) is 8.30. The Labute approximate surface area is 201 Å². The van der Waals surface area contributed by atoms with Gasteiger partial charge in [-0.15, -0.1) is 0 Å². The number of aromatic nitrogens is 4. The average molecular weight is 485 g/mol. The molecule has 3 rings (SSSR count). The Balaban J connectivity index is 1.73. The predicted octanol–water partition coefficient (Wildman–Crippen LogP) is 0.988. The Morgan fingerprint density at radius 3 is 2.51 bits per heavy atom. The van der Waals surface area contributed by atoms with Gasteiger partial charge in [0.05, 0.1) is 6.33 Å². The number of hydrogen-bond donors (Lipinski definition) is 2. The number of nitrogens with two attached hydrogens (primary N) is 1. The molecule has 0 bridgehead atoms. The van der Waals surface area contributed by atoms with Gasteiger partial charge in [0.15, 0.2) is 11.2 Å². The lowest BCUT2D eigenvalue weighted by molar-refractivity contribution is -0.158. The number of carboxylic acids is 1. The van der Waals surface area contributed by atoms with Gasteiger partial charge in [-0.3, -0.25) is 14.4 Å². The number of aliphatic carboxylic acids is 1. The van der Waals surface area contributed by atoms with Crippen LogP contribution in [-0.2, 0) is 32.3 Å². The van der Waals surface area contributed by atoms with Gasteiger partial charge in [-0.2, -0.15) is 4.98 Å². The summed E-state index contributed by atoms with van der Waals surface area (Å²) in [4.78, 5) is 50.1. The molecule has 0 fully saturated rings. The Bertz CT molecular complexity index is 1190. The number of fused-ring (bicyclic) bond motifs is 1. The fourth-order valence-corrected chi connectivity index (χ4v) is 3.16. The van der Waals surface area contributed by atoms with Gasteiger partial charge in [0.2, 0.25) is 11.8 Å². The highest BCUT2D eigenvalue weighted by Crippen LogP contribution is 2.21. The Hall–Kier alpha value is -4.06. The molecule has 0 spiro atoms. The van der Waals surface area contributed by atoms with E-state index in [4.69, 9.17) is 15.2 Å². The van der Waals surface area contributed by atoms with E-state index < -0.39 is 36.0 Å². The number of esters is 1. The summed E-state index contributed by atoms with van der Waals surface area (Å²) < 4.78 is 12.4. The molecule has 1 atom stereocenters. The number of carbonyl (C=O) groups excluding carboxylic acids is 2. The van der Waals surface area contributed by atoms with Crippen molar-refractivity contribution in [1.82, 2.24) is 24.4 Å². The zero-order chi connectivity index (χ0) is 25.6. The van der Waals surface area contributed by atoms with Crippen LogP contribution in [0.1, 0.15) is 26.3 Å². The van der Waals surface area contributed by atoms with Crippen LogP contribution in [0.25, 0.3) is 11.2 Å². The van der Waals surface area contributed by atoms with Crippen molar-refractivity contribution < 1.29 is 29.0 Å². The van der Waals surface area contributed by atoms with E-state index in [2.05, 4.69) is 15.0 Å². The van der Waals surface area contributed by atoms with Crippen LogP contribution in [0.4, 0.5) is 0 Å². The van der Waals surface area contributed by atoms with Crippen molar-refractivity contribution >= 4 is 29.0 Å². The van der Waals surface area contributed by atoms with E-state index in [-0.39, 0.29) is 25.6 Å². The molecule has 1 aromatic carbocycles. The molecule has 1 unspecified atom stereocenters. The molecule has 2 heterocycles. The van der Waals surface area contributed by atoms with Crippen molar-refractivity contribution in [3.05, 3.63) is 48.5 Å². The maximum absolute atomic E-state index is 13.0. The van der Waals surface area contributed by atoms with Gasteiger partial charge in [-0.25, -0.2) is 9.97 Å². The minimum atomic E-state index is -1.25. The fraction of sp³-hybridized carbons (Fsp3) is 0.391. The van der Waals surface area contributed by atoms with Gasteiger partial charge in [-0.1, -0.05) is 30.3 Å². The van der Waals surface area contributed by atoms with Gasteiger partial charge in [0.25, 0.3) is 0 Å². The van der Waals surface area contributed by atoms with Crippen LogP contribution in [0.15, 0.2) is 43.0 Å². The van der Waals surface area contributed by atoms with E-state index in [1.165, 1.54) is 17.2 Å². The van der Waals surface area contributed by atoms with E-state index in [0.717, 1.165) is 10.5 Å². The molecule has 0 aliphatic rings. The summed E-state index contributed by atoms with van der Waals surface area (Å²) >= 11 is 0. The molecule has 0 radical (unpaired) electrons. The van der Waals surface area contributed by atoms with Gasteiger partial charge in [-0.05, 0) is 26.3 Å². The third-order valence-electron chi connectivity index (χ3n) is 4.70. The van der Waals surface area contributed by atoms with Crippen LogP contribution in [0, 0.1) is 0 Å². The van der Waals surface area contributed by atoms with E-state index in [1.54, 1.807) is 20.8 Å². The van der Waals surface area contributed by atoms with Crippen LogP contribution in [0.5, 0.6) is 5.88 Å². The lowest BCUT2D eigenvalue weighted by Crippen LogP contribution is -2.49. The molecular weight excluding hydrogens is 456 g/mol. The molecule has 186 valence electrons. The number of nitrogens with zero attached hydrogens (tertiary/aromatic N) is 5. The maximum atomic E-state index is 13.0. The number of hydrogen-bond acceptors (Lipinski definition) is 9. The lowest BCUT2D eigenvalue weighted by Gasteiger charge is -2.26. The number of ether oxygens (including phenoxy) is 2. The third kappa shape index (κ3) is 7.21. The van der Waals surface area contributed by atoms with E-state index in [1.807, 2.05) is 30.3 Å². The second-order valence-corrected chi connectivity index (χ2v) is 8.81. The summed E-state index contributed by atoms with van der Waals surface area (Å²) in [6.07, 6.45) is 2.68. The topological polar surface area (TPSA) is 163 Å². The predicted molar refractivity (Wildman–Crippen MR) is 124 cm³/mol. The Morgan fingerprint density at radius 2 is 1.86 bits per heavy atom. The summed E-state index contributed by atoms with van der Waals surface area (Å²) in [5, 5.41) is 9.25. The summed E-state index contributed by atoms with van der Waals surface area (Å²) in [5.74, 6) is -2.32. The largest absolute Gasteiger partial charge is 0.480 e. The quantitative estimate of drug-likeness (QED) is 0.397. The molecule has 0 aliphatic carbocycles. The molecule has 0 aliphatic heterocycles. The molecule has 3 aromatic rings. The second kappa shape index (κ2) is 10.9. The number of amides is 1. The number of carbonyl (C=O) groups is 3.